The molecule has 1 N–H and O–H groups in total. The lowest BCUT2D eigenvalue weighted by Crippen LogP contribution is -2.29. The summed E-state index contributed by atoms with van der Waals surface area (Å²) in [7, 11) is 0. The molecule has 0 fully saturated rings. The highest BCUT2D eigenvalue weighted by Gasteiger charge is 2.13. The highest BCUT2D eigenvalue weighted by molar-refractivity contribution is 8.00. The van der Waals surface area contributed by atoms with E-state index in [0.29, 0.717) is 10.8 Å². The van der Waals surface area contributed by atoms with Crippen LogP contribution in [0.3, 0.4) is 0 Å². The van der Waals surface area contributed by atoms with Gasteiger partial charge in [0.2, 0.25) is 0 Å². The van der Waals surface area contributed by atoms with E-state index in [-0.39, 0.29) is 0 Å². The van der Waals surface area contributed by atoms with Crippen LogP contribution in [0.1, 0.15) is 38.3 Å². The number of rotatable bonds is 5. The van der Waals surface area contributed by atoms with E-state index in [2.05, 4.69) is 44.9 Å². The monoisotopic (exact) mass is 258 g/mol. The van der Waals surface area contributed by atoms with E-state index in [1.807, 2.05) is 17.3 Å². The van der Waals surface area contributed by atoms with Gasteiger partial charge in [-0.1, -0.05) is 20.8 Å². The van der Waals surface area contributed by atoms with Gasteiger partial charge in [0.15, 0.2) is 0 Å². The molecule has 1 atom stereocenters. The maximum absolute atomic E-state index is 4.25. The molecule has 92 valence electrons. The fourth-order valence-electron chi connectivity index (χ4n) is 1.20. The zero-order valence-corrected chi connectivity index (χ0v) is 12.5. The molecule has 1 aromatic rings. The Labute approximate surface area is 107 Å². The molecule has 0 bridgehead atoms. The van der Waals surface area contributed by atoms with E-state index >= 15 is 0 Å². The topological polar surface area (TPSA) is 24.9 Å². The van der Waals surface area contributed by atoms with E-state index in [1.54, 1.807) is 11.3 Å². The van der Waals surface area contributed by atoms with Gasteiger partial charge in [-0.3, -0.25) is 0 Å². The summed E-state index contributed by atoms with van der Waals surface area (Å²) in [6, 6.07) is 0.547. The molecule has 0 unspecified atom stereocenters. The van der Waals surface area contributed by atoms with Crippen LogP contribution in [0.2, 0.25) is 0 Å². The molecule has 0 saturated heterocycles. The maximum atomic E-state index is 4.25. The first-order valence-electron chi connectivity index (χ1n) is 5.65. The molecule has 0 spiro atoms. The molecule has 0 amide bonds. The Hall–Kier alpha value is -0.0600. The Kier molecular flexibility index (Phi) is 5.28. The number of aromatic nitrogens is 1. The van der Waals surface area contributed by atoms with Crippen molar-refractivity contribution in [2.24, 2.45) is 0 Å². The molecule has 0 saturated carbocycles. The number of nitrogens with zero attached hydrogens (tertiary/aromatic N) is 1. The Morgan fingerprint density at radius 2 is 2.19 bits per heavy atom. The third kappa shape index (κ3) is 5.32. The first kappa shape index (κ1) is 14.0. The highest BCUT2D eigenvalue weighted by Crippen LogP contribution is 2.23. The minimum atomic E-state index is 0.357. The van der Waals surface area contributed by atoms with Crippen molar-refractivity contribution in [3.05, 3.63) is 16.1 Å². The van der Waals surface area contributed by atoms with Gasteiger partial charge < -0.3 is 5.32 Å². The smallest absolute Gasteiger partial charge is 0.0798 e. The normalized spacial score (nSPS) is 14.1. The number of thiazole rings is 1. The summed E-state index contributed by atoms with van der Waals surface area (Å²) >= 11 is 3.74. The second-order valence-corrected chi connectivity index (χ2v) is 7.85. The fourth-order valence-corrected chi connectivity index (χ4v) is 2.79. The van der Waals surface area contributed by atoms with Crippen molar-refractivity contribution in [3.8, 4) is 0 Å². The van der Waals surface area contributed by atoms with Gasteiger partial charge in [0.1, 0.15) is 0 Å². The first-order valence-corrected chi connectivity index (χ1v) is 7.51. The molecule has 0 aliphatic rings. The van der Waals surface area contributed by atoms with Crippen molar-refractivity contribution in [2.45, 2.75) is 52.0 Å². The number of thioether (sulfide) groups is 1. The second-order valence-electron chi connectivity index (χ2n) is 5.07. The van der Waals surface area contributed by atoms with Crippen molar-refractivity contribution in [2.75, 3.05) is 5.75 Å². The molecule has 0 radical (unpaired) electrons. The molecule has 1 heterocycles. The summed E-state index contributed by atoms with van der Waals surface area (Å²) in [5, 5.41) is 3.55. The van der Waals surface area contributed by atoms with Crippen LogP contribution >= 0.6 is 23.1 Å². The molecule has 0 aliphatic carbocycles. The molecule has 1 rings (SSSR count). The lowest BCUT2D eigenvalue weighted by Gasteiger charge is -2.21. The first-order chi connectivity index (χ1) is 7.38. The third-order valence-electron chi connectivity index (χ3n) is 2.22. The van der Waals surface area contributed by atoms with E-state index in [9.17, 15) is 0 Å². The van der Waals surface area contributed by atoms with E-state index in [1.165, 1.54) is 4.88 Å². The van der Waals surface area contributed by atoms with Crippen LogP contribution in [-0.2, 0) is 6.54 Å². The molecule has 4 heteroatoms. The van der Waals surface area contributed by atoms with Crippen LogP contribution in [0.4, 0.5) is 0 Å². The van der Waals surface area contributed by atoms with Crippen LogP contribution in [0.5, 0.6) is 0 Å². The van der Waals surface area contributed by atoms with E-state index < -0.39 is 0 Å². The van der Waals surface area contributed by atoms with Gasteiger partial charge in [0.05, 0.1) is 11.2 Å². The number of aryl methyl sites for hydroxylation is 1. The average molecular weight is 258 g/mol. The number of hydrogen-bond acceptors (Lipinski definition) is 4. The highest BCUT2D eigenvalue weighted by atomic mass is 32.2. The van der Waals surface area contributed by atoms with E-state index in [0.717, 1.165) is 18.0 Å². The Bertz CT molecular complexity index is 315. The van der Waals surface area contributed by atoms with Gasteiger partial charge in [-0.25, -0.2) is 4.98 Å². The molecule has 0 aromatic carbocycles. The molecule has 16 heavy (non-hydrogen) atoms. The van der Waals surface area contributed by atoms with Gasteiger partial charge >= 0.3 is 0 Å². The summed E-state index contributed by atoms with van der Waals surface area (Å²) in [4.78, 5) is 5.61. The average Bonchev–Trinajstić information content (AvgIpc) is 2.57. The van der Waals surface area contributed by atoms with Crippen LogP contribution in [-0.4, -0.2) is 21.5 Å². The van der Waals surface area contributed by atoms with Crippen LogP contribution in [0.25, 0.3) is 0 Å². The minimum Gasteiger partial charge on any atom is -0.308 e. The number of nitrogens with one attached hydrogen (secondary N) is 1. The standard InChI is InChI=1S/C12H22N2S2/c1-9(7-16-12(3,4)5)13-6-11-10(2)14-8-15-11/h8-9,13H,6-7H2,1-5H3/t9-/m0/s1. The second kappa shape index (κ2) is 6.03. The fraction of sp³-hybridized carbons (Fsp3) is 0.750. The predicted molar refractivity (Wildman–Crippen MR) is 75.4 cm³/mol. The van der Waals surface area contributed by atoms with Crippen molar-refractivity contribution in [3.63, 3.8) is 0 Å². The largest absolute Gasteiger partial charge is 0.308 e. The van der Waals surface area contributed by atoms with Crippen LogP contribution < -0.4 is 5.32 Å². The SMILES string of the molecule is Cc1ncsc1CN[C@@H](C)CSC(C)(C)C. The van der Waals surface area contributed by atoms with Crippen LogP contribution in [0, 0.1) is 6.92 Å². The Morgan fingerprint density at radius 1 is 1.50 bits per heavy atom. The molecule has 0 aliphatic heterocycles. The van der Waals surface area contributed by atoms with Crippen LogP contribution in [0.15, 0.2) is 5.51 Å². The third-order valence-corrected chi connectivity index (χ3v) is 4.69. The van der Waals surface area contributed by atoms with E-state index in [4.69, 9.17) is 0 Å². The zero-order valence-electron chi connectivity index (χ0n) is 10.8. The lowest BCUT2D eigenvalue weighted by molar-refractivity contribution is 0.596. The molecular formula is C12H22N2S2. The predicted octanol–water partition coefficient (Wildman–Crippen LogP) is 3.46. The lowest BCUT2D eigenvalue weighted by atomic mass is 10.3. The summed E-state index contributed by atoms with van der Waals surface area (Å²) < 4.78 is 0.357. The maximum Gasteiger partial charge on any atom is 0.0798 e. The Balaban J connectivity index is 2.25. The quantitative estimate of drug-likeness (QED) is 0.875. The van der Waals surface area contributed by atoms with Crippen molar-refractivity contribution >= 4 is 23.1 Å². The molecule has 1 aromatic heterocycles. The van der Waals surface area contributed by atoms with Gasteiger partial charge in [-0.05, 0) is 13.8 Å². The molecule has 2 nitrogen and oxygen atoms in total. The minimum absolute atomic E-state index is 0.357. The van der Waals surface area contributed by atoms with Gasteiger partial charge in [0, 0.05) is 28.0 Å². The summed E-state index contributed by atoms with van der Waals surface area (Å²) in [6.45, 7) is 12.0. The van der Waals surface area contributed by atoms with Gasteiger partial charge in [-0.2, -0.15) is 11.8 Å². The Morgan fingerprint density at radius 3 is 2.69 bits per heavy atom. The number of hydrogen-bond donors (Lipinski definition) is 1. The van der Waals surface area contributed by atoms with Gasteiger partial charge in [-0.15, -0.1) is 11.3 Å². The van der Waals surface area contributed by atoms with Crippen molar-refractivity contribution in [1.82, 2.24) is 10.3 Å². The van der Waals surface area contributed by atoms with Crippen molar-refractivity contribution < 1.29 is 0 Å². The van der Waals surface area contributed by atoms with Gasteiger partial charge in [0.25, 0.3) is 0 Å². The molecular weight excluding hydrogens is 236 g/mol. The summed E-state index contributed by atoms with van der Waals surface area (Å²) in [6.07, 6.45) is 0. The zero-order chi connectivity index (χ0) is 12.2. The summed E-state index contributed by atoms with van der Waals surface area (Å²) in [5.41, 5.74) is 3.08. The van der Waals surface area contributed by atoms with Crippen molar-refractivity contribution in [1.29, 1.82) is 0 Å². The summed E-state index contributed by atoms with van der Waals surface area (Å²) in [5.74, 6) is 1.15.